The molecule has 0 bridgehead atoms. The summed E-state index contributed by atoms with van der Waals surface area (Å²) in [6, 6.07) is 2.14. The number of benzene rings is 1. The van der Waals surface area contributed by atoms with Gasteiger partial charge in [0.25, 0.3) is 0 Å². The number of hydrogen-bond acceptors (Lipinski definition) is 1. The van der Waals surface area contributed by atoms with Crippen molar-refractivity contribution in [3.05, 3.63) is 33.8 Å². The summed E-state index contributed by atoms with van der Waals surface area (Å²) in [6.07, 6.45) is 6.19. The largest absolute Gasteiger partial charge is 0.388 e. The summed E-state index contributed by atoms with van der Waals surface area (Å²) < 4.78 is 27.0. The van der Waals surface area contributed by atoms with Crippen molar-refractivity contribution in [2.45, 2.75) is 58.0 Å². The zero-order valence-electron chi connectivity index (χ0n) is 11.3. The van der Waals surface area contributed by atoms with Crippen LogP contribution in [0.15, 0.2) is 16.6 Å². The molecule has 108 valence electrons. The molecule has 0 saturated heterocycles. The van der Waals surface area contributed by atoms with E-state index in [4.69, 9.17) is 0 Å². The number of rotatable bonds is 8. The van der Waals surface area contributed by atoms with Crippen molar-refractivity contribution in [2.24, 2.45) is 0 Å². The van der Waals surface area contributed by atoms with E-state index in [1.807, 2.05) is 0 Å². The zero-order chi connectivity index (χ0) is 14.3. The third kappa shape index (κ3) is 5.57. The summed E-state index contributed by atoms with van der Waals surface area (Å²) in [6.45, 7) is 2.16. The first-order valence-electron chi connectivity index (χ1n) is 6.88. The maximum Gasteiger partial charge on any atom is 0.137 e. The van der Waals surface area contributed by atoms with Crippen LogP contribution in [0.5, 0.6) is 0 Å². The number of halogens is 3. The van der Waals surface area contributed by atoms with Crippen LogP contribution < -0.4 is 0 Å². The number of aliphatic hydroxyl groups excluding tert-OH is 1. The van der Waals surface area contributed by atoms with Gasteiger partial charge in [-0.05, 0) is 34.5 Å². The molecule has 1 unspecified atom stereocenters. The SMILES string of the molecule is CCCCCCCCC(O)c1cc(F)c(Br)cc1F. The summed E-state index contributed by atoms with van der Waals surface area (Å²) in [5.74, 6) is -1.11. The molecule has 0 radical (unpaired) electrons. The van der Waals surface area contributed by atoms with E-state index in [2.05, 4.69) is 22.9 Å². The van der Waals surface area contributed by atoms with E-state index in [1.165, 1.54) is 19.3 Å². The molecular weight excluding hydrogens is 314 g/mol. The summed E-state index contributed by atoms with van der Waals surface area (Å²) in [7, 11) is 0. The average Bonchev–Trinajstić information content (AvgIpc) is 2.37. The fraction of sp³-hybridized carbons (Fsp3) is 0.600. The Balaban J connectivity index is 2.41. The Morgan fingerprint density at radius 2 is 1.68 bits per heavy atom. The predicted octanol–water partition coefficient (Wildman–Crippen LogP) is 5.51. The highest BCUT2D eigenvalue weighted by molar-refractivity contribution is 9.10. The van der Waals surface area contributed by atoms with Crippen molar-refractivity contribution in [1.82, 2.24) is 0 Å². The third-order valence-corrected chi connectivity index (χ3v) is 3.84. The molecule has 0 aromatic heterocycles. The molecule has 0 aliphatic rings. The minimum absolute atomic E-state index is 0.0502. The van der Waals surface area contributed by atoms with Gasteiger partial charge in [0, 0.05) is 5.56 Å². The Kier molecular flexibility index (Phi) is 7.54. The monoisotopic (exact) mass is 334 g/mol. The van der Waals surface area contributed by atoms with E-state index < -0.39 is 17.7 Å². The molecule has 0 aliphatic heterocycles. The Morgan fingerprint density at radius 1 is 1.05 bits per heavy atom. The van der Waals surface area contributed by atoms with E-state index in [1.54, 1.807) is 0 Å². The standard InChI is InChI=1S/C15H21BrF2O/c1-2-3-4-5-6-7-8-15(19)11-9-14(18)12(16)10-13(11)17/h9-10,15,19H,2-8H2,1H3. The van der Waals surface area contributed by atoms with Crippen molar-refractivity contribution in [2.75, 3.05) is 0 Å². The lowest BCUT2D eigenvalue weighted by atomic mass is 10.0. The van der Waals surface area contributed by atoms with E-state index in [0.29, 0.717) is 6.42 Å². The average molecular weight is 335 g/mol. The summed E-state index contributed by atoms with van der Waals surface area (Å²) >= 11 is 2.92. The number of unbranched alkanes of at least 4 members (excludes halogenated alkanes) is 5. The number of aliphatic hydroxyl groups is 1. The van der Waals surface area contributed by atoms with Crippen molar-refractivity contribution in [1.29, 1.82) is 0 Å². The van der Waals surface area contributed by atoms with Crippen LogP contribution in [0.2, 0.25) is 0 Å². The summed E-state index contributed by atoms with van der Waals surface area (Å²) in [5, 5.41) is 9.90. The predicted molar refractivity (Wildman–Crippen MR) is 77.0 cm³/mol. The van der Waals surface area contributed by atoms with Gasteiger partial charge in [-0.1, -0.05) is 45.4 Å². The van der Waals surface area contributed by atoms with Gasteiger partial charge < -0.3 is 5.11 Å². The molecule has 0 aliphatic carbocycles. The van der Waals surface area contributed by atoms with Crippen LogP contribution in [0.3, 0.4) is 0 Å². The Morgan fingerprint density at radius 3 is 2.37 bits per heavy atom. The first-order chi connectivity index (χ1) is 9.06. The summed E-state index contributed by atoms with van der Waals surface area (Å²) in [4.78, 5) is 0. The van der Waals surface area contributed by atoms with Gasteiger partial charge in [-0.25, -0.2) is 8.78 Å². The summed E-state index contributed by atoms with van der Waals surface area (Å²) in [5.41, 5.74) is 0.0502. The van der Waals surface area contributed by atoms with Crippen LogP contribution in [0.1, 0.15) is 63.5 Å². The molecule has 0 fully saturated rings. The molecule has 0 amide bonds. The maximum atomic E-state index is 13.6. The van der Waals surface area contributed by atoms with E-state index in [0.717, 1.165) is 31.4 Å². The zero-order valence-corrected chi connectivity index (χ0v) is 12.8. The molecule has 0 saturated carbocycles. The highest BCUT2D eigenvalue weighted by atomic mass is 79.9. The smallest absolute Gasteiger partial charge is 0.137 e. The van der Waals surface area contributed by atoms with Crippen molar-refractivity contribution < 1.29 is 13.9 Å². The van der Waals surface area contributed by atoms with E-state index >= 15 is 0 Å². The topological polar surface area (TPSA) is 20.2 Å². The van der Waals surface area contributed by atoms with Crippen molar-refractivity contribution in [3.63, 3.8) is 0 Å². The van der Waals surface area contributed by atoms with Gasteiger partial charge in [0.2, 0.25) is 0 Å². The minimum atomic E-state index is -0.922. The second-order valence-corrected chi connectivity index (χ2v) is 5.71. The molecule has 0 spiro atoms. The normalized spacial score (nSPS) is 12.7. The Hall–Kier alpha value is -0.480. The highest BCUT2D eigenvalue weighted by Crippen LogP contribution is 2.27. The van der Waals surface area contributed by atoms with Gasteiger partial charge in [0.05, 0.1) is 10.6 Å². The van der Waals surface area contributed by atoms with Gasteiger partial charge in [0.1, 0.15) is 11.6 Å². The lowest BCUT2D eigenvalue weighted by molar-refractivity contribution is 0.158. The van der Waals surface area contributed by atoms with Gasteiger partial charge >= 0.3 is 0 Å². The van der Waals surface area contributed by atoms with E-state index in [-0.39, 0.29) is 10.0 Å². The molecular formula is C15H21BrF2O. The second kappa shape index (κ2) is 8.64. The maximum absolute atomic E-state index is 13.6. The first kappa shape index (κ1) is 16.6. The quantitative estimate of drug-likeness (QED) is 0.490. The van der Waals surface area contributed by atoms with Crippen molar-refractivity contribution in [3.8, 4) is 0 Å². The van der Waals surface area contributed by atoms with Crippen LogP contribution in [0, 0.1) is 11.6 Å². The molecule has 1 N–H and O–H groups in total. The van der Waals surface area contributed by atoms with E-state index in [9.17, 15) is 13.9 Å². The molecule has 1 nitrogen and oxygen atoms in total. The number of hydrogen-bond donors (Lipinski definition) is 1. The van der Waals surface area contributed by atoms with Crippen LogP contribution >= 0.6 is 15.9 Å². The van der Waals surface area contributed by atoms with Crippen LogP contribution in [-0.2, 0) is 0 Å². The first-order valence-corrected chi connectivity index (χ1v) is 7.68. The fourth-order valence-electron chi connectivity index (χ4n) is 2.07. The molecule has 1 rings (SSSR count). The Labute approximate surface area is 122 Å². The van der Waals surface area contributed by atoms with Crippen molar-refractivity contribution >= 4 is 15.9 Å². The molecule has 19 heavy (non-hydrogen) atoms. The van der Waals surface area contributed by atoms with Gasteiger partial charge in [-0.2, -0.15) is 0 Å². The van der Waals surface area contributed by atoms with Crippen LogP contribution in [-0.4, -0.2) is 5.11 Å². The lowest BCUT2D eigenvalue weighted by Gasteiger charge is -2.12. The van der Waals surface area contributed by atoms with Gasteiger partial charge in [-0.15, -0.1) is 0 Å². The highest BCUT2D eigenvalue weighted by Gasteiger charge is 2.15. The lowest BCUT2D eigenvalue weighted by Crippen LogP contribution is -2.02. The molecule has 4 heteroatoms. The van der Waals surface area contributed by atoms with Gasteiger partial charge in [-0.3, -0.25) is 0 Å². The fourth-order valence-corrected chi connectivity index (χ4v) is 2.38. The van der Waals surface area contributed by atoms with Crippen LogP contribution in [0.4, 0.5) is 8.78 Å². The minimum Gasteiger partial charge on any atom is -0.388 e. The van der Waals surface area contributed by atoms with Crippen LogP contribution in [0.25, 0.3) is 0 Å². The third-order valence-electron chi connectivity index (χ3n) is 3.23. The molecule has 0 heterocycles. The molecule has 1 aromatic carbocycles. The Bertz CT molecular complexity index is 396. The molecule has 1 atom stereocenters. The second-order valence-electron chi connectivity index (χ2n) is 4.86. The van der Waals surface area contributed by atoms with Gasteiger partial charge in [0.15, 0.2) is 0 Å². The molecule has 1 aromatic rings.